The van der Waals surface area contributed by atoms with Gasteiger partial charge in [0.25, 0.3) is 0 Å². The minimum atomic E-state index is -3.00. The number of Topliss-reactive ketones (excluding diaryl/α,β-unsaturated/α-hetero) is 1. The second-order valence-corrected chi connectivity index (χ2v) is 8.28. The van der Waals surface area contributed by atoms with Crippen LogP contribution in [0.4, 0.5) is 0 Å². The second kappa shape index (κ2) is 6.35. The van der Waals surface area contributed by atoms with E-state index in [2.05, 4.69) is 0 Å². The average molecular weight is 288 g/mol. The molecule has 2 aliphatic rings. The fraction of sp³-hybridized carbons (Fsp3) is 0.929. The molecule has 0 aromatic heterocycles. The smallest absolute Gasteiger partial charge is 0.150 e. The van der Waals surface area contributed by atoms with Crippen molar-refractivity contribution >= 4 is 15.6 Å². The van der Waals surface area contributed by atoms with Gasteiger partial charge < -0.3 is 4.74 Å². The van der Waals surface area contributed by atoms with Crippen LogP contribution < -0.4 is 0 Å². The van der Waals surface area contributed by atoms with E-state index in [1.54, 1.807) is 0 Å². The van der Waals surface area contributed by atoms with E-state index >= 15 is 0 Å². The van der Waals surface area contributed by atoms with Crippen LogP contribution in [0, 0.1) is 5.92 Å². The molecule has 2 fully saturated rings. The van der Waals surface area contributed by atoms with Crippen molar-refractivity contribution in [3.63, 3.8) is 0 Å². The molecule has 3 unspecified atom stereocenters. The lowest BCUT2D eigenvalue weighted by Crippen LogP contribution is -2.31. The summed E-state index contributed by atoms with van der Waals surface area (Å²) in [4.78, 5) is 12.2. The van der Waals surface area contributed by atoms with Gasteiger partial charge in [0.2, 0.25) is 0 Å². The summed E-state index contributed by atoms with van der Waals surface area (Å²) in [7, 11) is -3.00. The highest BCUT2D eigenvalue weighted by molar-refractivity contribution is 7.91. The zero-order valence-electron chi connectivity index (χ0n) is 11.6. The first-order valence-corrected chi connectivity index (χ1v) is 9.25. The molecule has 0 aromatic carbocycles. The normalized spacial score (nSPS) is 32.4. The van der Waals surface area contributed by atoms with Crippen molar-refractivity contribution in [3.05, 3.63) is 0 Å². The van der Waals surface area contributed by atoms with Crippen LogP contribution in [-0.2, 0) is 19.4 Å². The van der Waals surface area contributed by atoms with Gasteiger partial charge in [-0.25, -0.2) is 8.42 Å². The van der Waals surface area contributed by atoms with Gasteiger partial charge in [0, 0.05) is 25.2 Å². The Morgan fingerprint density at radius 2 is 2.00 bits per heavy atom. The fourth-order valence-electron chi connectivity index (χ4n) is 3.21. The molecule has 0 amide bonds. The fourth-order valence-corrected chi connectivity index (χ4v) is 4.38. The topological polar surface area (TPSA) is 60.4 Å². The summed E-state index contributed by atoms with van der Waals surface area (Å²) in [6.45, 7) is 0.818. The lowest BCUT2D eigenvalue weighted by atomic mass is 9.84. The molecule has 1 saturated carbocycles. The van der Waals surface area contributed by atoms with Gasteiger partial charge in [-0.3, -0.25) is 4.79 Å². The highest BCUT2D eigenvalue weighted by Crippen LogP contribution is 2.30. The van der Waals surface area contributed by atoms with Crippen molar-refractivity contribution in [2.45, 2.75) is 62.7 Å². The zero-order chi connectivity index (χ0) is 13.9. The predicted octanol–water partition coefficient (Wildman–Crippen LogP) is 2.12. The number of carbonyl (C=O) groups excluding carboxylic acids is 1. The van der Waals surface area contributed by atoms with E-state index in [1.807, 2.05) is 0 Å². The van der Waals surface area contributed by atoms with Gasteiger partial charge in [-0.15, -0.1) is 0 Å². The summed E-state index contributed by atoms with van der Waals surface area (Å²) in [5.41, 5.74) is 0. The Bertz CT molecular complexity index is 409. The first-order valence-electron chi connectivity index (χ1n) is 7.30. The lowest BCUT2D eigenvalue weighted by molar-refractivity contribution is -0.124. The Labute approximate surface area is 115 Å². The van der Waals surface area contributed by atoms with E-state index in [9.17, 15) is 13.2 Å². The number of carbonyl (C=O) groups is 1. The first kappa shape index (κ1) is 15.0. The number of hydrogen-bond acceptors (Lipinski definition) is 4. The first-order chi connectivity index (χ1) is 8.97. The van der Waals surface area contributed by atoms with Crippen molar-refractivity contribution in [1.82, 2.24) is 0 Å². The summed E-state index contributed by atoms with van der Waals surface area (Å²) in [6.07, 6.45) is 8.00. The maximum Gasteiger partial charge on any atom is 0.150 e. The van der Waals surface area contributed by atoms with Crippen LogP contribution in [0.25, 0.3) is 0 Å². The molecular formula is C14H24O4S. The van der Waals surface area contributed by atoms with Gasteiger partial charge in [0.1, 0.15) is 15.6 Å². The van der Waals surface area contributed by atoms with Gasteiger partial charge in [-0.05, 0) is 38.5 Å². The molecule has 0 bridgehead atoms. The molecule has 0 aromatic rings. The molecule has 2 rings (SSSR count). The van der Waals surface area contributed by atoms with Gasteiger partial charge in [-0.2, -0.15) is 0 Å². The van der Waals surface area contributed by atoms with Crippen LogP contribution in [0.5, 0.6) is 0 Å². The van der Waals surface area contributed by atoms with Crippen molar-refractivity contribution in [2.75, 3.05) is 12.9 Å². The molecule has 1 heterocycles. The summed E-state index contributed by atoms with van der Waals surface area (Å²) in [5, 5.41) is -0.307. The number of ketones is 1. The van der Waals surface area contributed by atoms with E-state index < -0.39 is 9.84 Å². The van der Waals surface area contributed by atoms with Crippen LogP contribution in [-0.4, -0.2) is 38.4 Å². The van der Waals surface area contributed by atoms with Crippen molar-refractivity contribution in [3.8, 4) is 0 Å². The van der Waals surface area contributed by atoms with Crippen molar-refractivity contribution in [2.24, 2.45) is 5.92 Å². The SMILES string of the molecule is CS(=O)(=O)C1CCCC(C(=O)CCC2CCCO2)C1. The molecule has 0 N–H and O–H groups in total. The zero-order valence-corrected chi connectivity index (χ0v) is 12.5. The van der Waals surface area contributed by atoms with E-state index in [4.69, 9.17) is 4.74 Å². The number of sulfone groups is 1. The number of hydrogen-bond donors (Lipinski definition) is 0. The highest BCUT2D eigenvalue weighted by Gasteiger charge is 2.32. The molecular weight excluding hydrogens is 264 g/mol. The molecule has 1 aliphatic carbocycles. The van der Waals surface area contributed by atoms with Gasteiger partial charge >= 0.3 is 0 Å². The van der Waals surface area contributed by atoms with Gasteiger partial charge in [-0.1, -0.05) is 6.42 Å². The van der Waals surface area contributed by atoms with Crippen molar-refractivity contribution < 1.29 is 17.9 Å². The minimum Gasteiger partial charge on any atom is -0.378 e. The minimum absolute atomic E-state index is 0.0464. The van der Waals surface area contributed by atoms with Gasteiger partial charge in [0.15, 0.2) is 0 Å². The quantitative estimate of drug-likeness (QED) is 0.777. The molecule has 5 heteroatoms. The van der Waals surface area contributed by atoms with E-state index in [0.29, 0.717) is 19.3 Å². The Kier molecular flexibility index (Phi) is 5.01. The number of ether oxygens (including phenoxy) is 1. The molecule has 1 aliphatic heterocycles. The lowest BCUT2D eigenvalue weighted by Gasteiger charge is -2.27. The third kappa shape index (κ3) is 4.28. The molecule has 0 spiro atoms. The summed E-state index contributed by atoms with van der Waals surface area (Å²) >= 11 is 0. The third-order valence-corrected chi connectivity index (χ3v) is 6.06. The summed E-state index contributed by atoms with van der Waals surface area (Å²) < 4.78 is 28.7. The highest BCUT2D eigenvalue weighted by atomic mass is 32.2. The Morgan fingerprint density at radius 3 is 2.63 bits per heavy atom. The molecule has 1 saturated heterocycles. The molecule has 3 atom stereocenters. The molecule has 0 radical (unpaired) electrons. The van der Waals surface area contributed by atoms with Crippen LogP contribution in [0.3, 0.4) is 0 Å². The van der Waals surface area contributed by atoms with E-state index in [0.717, 1.165) is 38.7 Å². The predicted molar refractivity (Wildman–Crippen MR) is 73.8 cm³/mol. The molecule has 19 heavy (non-hydrogen) atoms. The largest absolute Gasteiger partial charge is 0.378 e. The summed E-state index contributed by atoms with van der Waals surface area (Å²) in [6, 6.07) is 0. The standard InChI is InChI=1S/C14H24O4S/c1-19(16,17)13-6-2-4-11(10-13)14(15)8-7-12-5-3-9-18-12/h11-13H,2-10H2,1H3. The van der Waals surface area contributed by atoms with Crippen LogP contribution >= 0.6 is 0 Å². The molecule has 4 nitrogen and oxygen atoms in total. The van der Waals surface area contributed by atoms with E-state index in [1.165, 1.54) is 6.26 Å². The van der Waals surface area contributed by atoms with Gasteiger partial charge in [0.05, 0.1) is 11.4 Å². The maximum absolute atomic E-state index is 12.2. The second-order valence-electron chi connectivity index (χ2n) is 5.96. The Hall–Kier alpha value is -0.420. The average Bonchev–Trinajstić information content (AvgIpc) is 2.88. The monoisotopic (exact) mass is 288 g/mol. The Morgan fingerprint density at radius 1 is 1.21 bits per heavy atom. The third-order valence-electron chi connectivity index (χ3n) is 4.42. The summed E-state index contributed by atoms with van der Waals surface area (Å²) in [5.74, 6) is 0.193. The van der Waals surface area contributed by atoms with Crippen LogP contribution in [0.1, 0.15) is 51.4 Å². The van der Waals surface area contributed by atoms with E-state index in [-0.39, 0.29) is 23.1 Å². The molecule has 110 valence electrons. The maximum atomic E-state index is 12.2. The van der Waals surface area contributed by atoms with Crippen LogP contribution in [0.2, 0.25) is 0 Å². The number of rotatable bonds is 5. The van der Waals surface area contributed by atoms with Crippen molar-refractivity contribution in [1.29, 1.82) is 0 Å². The van der Waals surface area contributed by atoms with Crippen LogP contribution in [0.15, 0.2) is 0 Å². The Balaban J connectivity index is 1.81.